The first-order valence-corrected chi connectivity index (χ1v) is 9.02. The van der Waals surface area contributed by atoms with E-state index in [0.29, 0.717) is 12.6 Å². The first-order chi connectivity index (χ1) is 13.1. The lowest BCUT2D eigenvalue weighted by Gasteiger charge is -2.27. The van der Waals surface area contributed by atoms with Gasteiger partial charge in [0.05, 0.1) is 14.2 Å². The molecule has 2 N–H and O–H groups in total. The molecule has 0 saturated heterocycles. The number of para-hydroxylation sites is 1. The highest BCUT2D eigenvalue weighted by molar-refractivity contribution is 5.79. The van der Waals surface area contributed by atoms with Crippen LogP contribution in [0, 0.1) is 0 Å². The fourth-order valence-electron chi connectivity index (χ4n) is 2.70. The number of nitrogens with zero attached hydrogens (tertiary/aromatic N) is 2. The molecule has 1 unspecified atom stereocenters. The molecule has 6 nitrogen and oxygen atoms in total. The fourth-order valence-corrected chi connectivity index (χ4v) is 2.70. The number of hydrogen-bond donors (Lipinski definition) is 2. The molecule has 0 radical (unpaired) electrons. The Morgan fingerprint density at radius 2 is 1.74 bits per heavy atom. The molecule has 0 aliphatic rings. The van der Waals surface area contributed by atoms with Crippen LogP contribution in [0.3, 0.4) is 0 Å². The summed E-state index contributed by atoms with van der Waals surface area (Å²) in [5, 5.41) is 6.72. The Labute approximate surface area is 162 Å². The van der Waals surface area contributed by atoms with Gasteiger partial charge < -0.3 is 25.0 Å². The normalized spacial score (nSPS) is 12.3. The fraction of sp³-hybridized carbons (Fsp3) is 0.381. The number of rotatable bonds is 8. The summed E-state index contributed by atoms with van der Waals surface area (Å²) < 4.78 is 10.6. The highest BCUT2D eigenvalue weighted by atomic mass is 16.5. The van der Waals surface area contributed by atoms with Gasteiger partial charge in [0.2, 0.25) is 0 Å². The van der Waals surface area contributed by atoms with E-state index >= 15 is 0 Å². The van der Waals surface area contributed by atoms with Crippen LogP contribution in [0.1, 0.15) is 12.5 Å². The summed E-state index contributed by atoms with van der Waals surface area (Å²) in [5.41, 5.74) is 2.28. The Bertz CT molecular complexity index is 734. The Hall–Kier alpha value is -2.89. The Balaban J connectivity index is 1.87. The van der Waals surface area contributed by atoms with Crippen LogP contribution in [0.25, 0.3) is 0 Å². The lowest BCUT2D eigenvalue weighted by Crippen LogP contribution is -2.44. The second-order valence-corrected chi connectivity index (χ2v) is 6.29. The summed E-state index contributed by atoms with van der Waals surface area (Å²) in [5.74, 6) is 2.21. The first kappa shape index (κ1) is 20.4. The van der Waals surface area contributed by atoms with Crippen LogP contribution in [0.2, 0.25) is 0 Å². The van der Waals surface area contributed by atoms with E-state index in [1.54, 1.807) is 21.3 Å². The molecular weight excluding hydrogens is 340 g/mol. The Morgan fingerprint density at radius 1 is 1.04 bits per heavy atom. The number of benzene rings is 2. The van der Waals surface area contributed by atoms with Crippen molar-refractivity contribution in [2.75, 3.05) is 39.8 Å². The second kappa shape index (κ2) is 10.3. The quantitative estimate of drug-likeness (QED) is 0.553. The number of likely N-dealkylation sites (N-methyl/N-ethyl adjacent to an activating group) is 1. The van der Waals surface area contributed by atoms with E-state index in [1.807, 2.05) is 24.3 Å². The van der Waals surface area contributed by atoms with Crippen LogP contribution in [-0.4, -0.2) is 46.9 Å². The zero-order valence-corrected chi connectivity index (χ0v) is 16.8. The lowest BCUT2D eigenvalue weighted by molar-refractivity contribution is 0.354. The minimum atomic E-state index is 0.312. The van der Waals surface area contributed by atoms with Crippen LogP contribution < -0.4 is 25.0 Å². The van der Waals surface area contributed by atoms with E-state index in [-0.39, 0.29) is 0 Å². The molecule has 0 spiro atoms. The lowest BCUT2D eigenvalue weighted by atomic mass is 10.2. The number of aliphatic imine (C=N–C) groups is 1. The minimum absolute atomic E-state index is 0.312. The van der Waals surface area contributed by atoms with Crippen molar-refractivity contribution >= 4 is 11.6 Å². The largest absolute Gasteiger partial charge is 0.493 e. The van der Waals surface area contributed by atoms with Crippen molar-refractivity contribution in [1.29, 1.82) is 0 Å². The summed E-state index contributed by atoms with van der Waals surface area (Å²) >= 11 is 0. The van der Waals surface area contributed by atoms with Gasteiger partial charge >= 0.3 is 0 Å². The van der Waals surface area contributed by atoms with Gasteiger partial charge in [0.25, 0.3) is 0 Å². The zero-order valence-electron chi connectivity index (χ0n) is 16.8. The van der Waals surface area contributed by atoms with Gasteiger partial charge in [-0.25, -0.2) is 0 Å². The third kappa shape index (κ3) is 5.81. The summed E-state index contributed by atoms with van der Waals surface area (Å²) in [6, 6.07) is 16.5. The molecule has 2 aromatic rings. The molecule has 0 aliphatic heterocycles. The predicted molar refractivity (Wildman–Crippen MR) is 112 cm³/mol. The minimum Gasteiger partial charge on any atom is -0.493 e. The topological polar surface area (TPSA) is 58.1 Å². The highest BCUT2D eigenvalue weighted by Crippen LogP contribution is 2.27. The van der Waals surface area contributed by atoms with E-state index in [4.69, 9.17) is 9.47 Å². The maximum absolute atomic E-state index is 5.35. The standard InChI is InChI=1S/C21H30N4O2/c1-16(25(3)18-9-7-6-8-10-18)14-23-21(22-2)24-15-17-11-12-19(26-4)20(13-17)27-5/h6-13,16H,14-15H2,1-5H3,(H2,22,23,24). The molecule has 0 amide bonds. The molecule has 0 heterocycles. The van der Waals surface area contributed by atoms with Crippen molar-refractivity contribution in [2.24, 2.45) is 4.99 Å². The molecular formula is C21H30N4O2. The van der Waals surface area contributed by atoms with Crippen LogP contribution in [0.15, 0.2) is 53.5 Å². The smallest absolute Gasteiger partial charge is 0.191 e. The molecule has 27 heavy (non-hydrogen) atoms. The van der Waals surface area contributed by atoms with Gasteiger partial charge in [-0.1, -0.05) is 24.3 Å². The average Bonchev–Trinajstić information content (AvgIpc) is 2.73. The third-order valence-corrected chi connectivity index (χ3v) is 4.52. The monoisotopic (exact) mass is 370 g/mol. The molecule has 0 aromatic heterocycles. The van der Waals surface area contributed by atoms with Gasteiger partial charge in [-0.05, 0) is 36.8 Å². The van der Waals surface area contributed by atoms with Crippen LogP contribution >= 0.6 is 0 Å². The van der Waals surface area contributed by atoms with Gasteiger partial charge in [0.15, 0.2) is 17.5 Å². The highest BCUT2D eigenvalue weighted by Gasteiger charge is 2.11. The zero-order chi connectivity index (χ0) is 19.6. The van der Waals surface area contributed by atoms with Crippen LogP contribution in [-0.2, 0) is 6.54 Å². The molecule has 0 aliphatic carbocycles. The van der Waals surface area contributed by atoms with Crippen molar-refractivity contribution in [3.63, 3.8) is 0 Å². The summed E-state index contributed by atoms with van der Waals surface area (Å²) in [6.45, 7) is 3.60. The first-order valence-electron chi connectivity index (χ1n) is 9.02. The summed E-state index contributed by atoms with van der Waals surface area (Å²) in [4.78, 5) is 6.55. The number of methoxy groups -OCH3 is 2. The van der Waals surface area contributed by atoms with E-state index in [0.717, 1.165) is 29.6 Å². The third-order valence-electron chi connectivity index (χ3n) is 4.52. The van der Waals surface area contributed by atoms with Crippen molar-refractivity contribution < 1.29 is 9.47 Å². The number of anilines is 1. The average molecular weight is 370 g/mol. The van der Waals surface area contributed by atoms with E-state index in [9.17, 15) is 0 Å². The van der Waals surface area contributed by atoms with Gasteiger partial charge in [0, 0.05) is 38.9 Å². The SMILES string of the molecule is CN=C(NCc1ccc(OC)c(OC)c1)NCC(C)N(C)c1ccccc1. The number of hydrogen-bond acceptors (Lipinski definition) is 4. The molecule has 0 saturated carbocycles. The van der Waals surface area contributed by atoms with Gasteiger partial charge in [-0.15, -0.1) is 0 Å². The maximum atomic E-state index is 5.35. The van der Waals surface area contributed by atoms with Crippen molar-refractivity contribution in [3.8, 4) is 11.5 Å². The molecule has 146 valence electrons. The van der Waals surface area contributed by atoms with Gasteiger partial charge in [-0.2, -0.15) is 0 Å². The van der Waals surface area contributed by atoms with E-state index in [1.165, 1.54) is 5.69 Å². The van der Waals surface area contributed by atoms with Gasteiger partial charge in [0.1, 0.15) is 0 Å². The molecule has 0 bridgehead atoms. The van der Waals surface area contributed by atoms with Crippen molar-refractivity contribution in [2.45, 2.75) is 19.5 Å². The van der Waals surface area contributed by atoms with E-state index < -0.39 is 0 Å². The molecule has 6 heteroatoms. The van der Waals surface area contributed by atoms with Gasteiger partial charge in [-0.3, -0.25) is 4.99 Å². The second-order valence-electron chi connectivity index (χ2n) is 6.29. The van der Waals surface area contributed by atoms with E-state index in [2.05, 4.69) is 58.8 Å². The number of ether oxygens (including phenoxy) is 2. The molecule has 0 fully saturated rings. The number of nitrogens with one attached hydrogen (secondary N) is 2. The summed E-state index contributed by atoms with van der Waals surface area (Å²) in [7, 11) is 7.15. The molecule has 2 aromatic carbocycles. The molecule has 1 atom stereocenters. The number of guanidine groups is 1. The van der Waals surface area contributed by atoms with Crippen molar-refractivity contribution in [1.82, 2.24) is 10.6 Å². The summed E-state index contributed by atoms with van der Waals surface area (Å²) in [6.07, 6.45) is 0. The van der Waals surface area contributed by atoms with Crippen LogP contribution in [0.4, 0.5) is 5.69 Å². The Kier molecular flexibility index (Phi) is 7.79. The maximum Gasteiger partial charge on any atom is 0.191 e. The van der Waals surface area contributed by atoms with Crippen LogP contribution in [0.5, 0.6) is 11.5 Å². The predicted octanol–water partition coefficient (Wildman–Crippen LogP) is 2.89. The molecule has 2 rings (SSSR count). The van der Waals surface area contributed by atoms with Crippen molar-refractivity contribution in [3.05, 3.63) is 54.1 Å². The Morgan fingerprint density at radius 3 is 2.37 bits per heavy atom.